The van der Waals surface area contributed by atoms with Crippen molar-refractivity contribution in [2.45, 2.75) is 27.2 Å². The summed E-state index contributed by atoms with van der Waals surface area (Å²) in [6.07, 6.45) is 6.27. The molecule has 0 heterocycles. The second-order valence-electron chi connectivity index (χ2n) is 5.36. The Balaban J connectivity index is 2.23. The lowest BCUT2D eigenvalue weighted by molar-refractivity contribution is 0.184. The quantitative estimate of drug-likeness (QED) is 0.643. The molecule has 0 saturated heterocycles. The summed E-state index contributed by atoms with van der Waals surface area (Å²) in [6.45, 7) is 7.78. The summed E-state index contributed by atoms with van der Waals surface area (Å²) < 4.78 is 5.30. The number of hydrogen-bond acceptors (Lipinski definition) is 1. The minimum atomic E-state index is 0.648. The fourth-order valence-electron chi connectivity index (χ4n) is 3.11. The molecule has 3 atom stereocenters. The van der Waals surface area contributed by atoms with Crippen LogP contribution in [0.1, 0.15) is 27.2 Å². The van der Waals surface area contributed by atoms with Crippen molar-refractivity contribution in [2.75, 3.05) is 13.7 Å². The van der Waals surface area contributed by atoms with Gasteiger partial charge >= 0.3 is 0 Å². The fraction of sp³-hybridized carbons (Fsp3) is 0.714. The third kappa shape index (κ3) is 1.90. The van der Waals surface area contributed by atoms with Gasteiger partial charge in [-0.2, -0.15) is 0 Å². The number of rotatable bonds is 3. The zero-order valence-electron chi connectivity index (χ0n) is 10.3. The molecule has 1 nitrogen and oxygen atoms in total. The van der Waals surface area contributed by atoms with E-state index in [9.17, 15) is 0 Å². The number of hydrogen-bond donors (Lipinski definition) is 0. The van der Waals surface area contributed by atoms with Crippen molar-refractivity contribution in [3.8, 4) is 0 Å². The molecule has 3 aliphatic carbocycles. The molecule has 0 aliphatic heterocycles. The molecule has 1 heteroatoms. The lowest BCUT2D eigenvalue weighted by Crippen LogP contribution is -2.33. The van der Waals surface area contributed by atoms with Crippen LogP contribution >= 0.6 is 0 Å². The van der Waals surface area contributed by atoms with Gasteiger partial charge in [0.1, 0.15) is 0 Å². The SMILES string of the molecule is COCC1=C[C@H]2C[C@H](C(C)C)[C@@H]1C=C2C. The monoisotopic (exact) mass is 206 g/mol. The van der Waals surface area contributed by atoms with Gasteiger partial charge in [-0.1, -0.05) is 31.6 Å². The van der Waals surface area contributed by atoms with E-state index < -0.39 is 0 Å². The van der Waals surface area contributed by atoms with Crippen LogP contribution in [0.4, 0.5) is 0 Å². The highest BCUT2D eigenvalue weighted by Gasteiger charge is 2.36. The summed E-state index contributed by atoms with van der Waals surface area (Å²) >= 11 is 0. The molecule has 84 valence electrons. The van der Waals surface area contributed by atoms with E-state index in [1.807, 2.05) is 0 Å². The number of ether oxygens (including phenoxy) is 1. The normalized spacial score (nSPS) is 34.3. The average molecular weight is 206 g/mol. The van der Waals surface area contributed by atoms with Gasteiger partial charge in [0.25, 0.3) is 0 Å². The number of allylic oxidation sites excluding steroid dienone is 3. The topological polar surface area (TPSA) is 9.23 Å². The maximum Gasteiger partial charge on any atom is 0.0679 e. The molecule has 15 heavy (non-hydrogen) atoms. The summed E-state index contributed by atoms with van der Waals surface area (Å²) in [4.78, 5) is 0. The van der Waals surface area contributed by atoms with Crippen molar-refractivity contribution < 1.29 is 4.74 Å². The van der Waals surface area contributed by atoms with E-state index >= 15 is 0 Å². The van der Waals surface area contributed by atoms with E-state index in [4.69, 9.17) is 4.74 Å². The van der Waals surface area contributed by atoms with Crippen LogP contribution in [0.25, 0.3) is 0 Å². The van der Waals surface area contributed by atoms with Crippen molar-refractivity contribution >= 4 is 0 Å². The summed E-state index contributed by atoms with van der Waals surface area (Å²) in [6, 6.07) is 0. The first-order valence-corrected chi connectivity index (χ1v) is 6.01. The third-order valence-corrected chi connectivity index (χ3v) is 4.03. The standard InChI is InChI=1S/C14H22O/c1-9(2)13-7-11-6-12(8-15-4)14(13)5-10(11)3/h5-6,9,11,13-14H,7-8H2,1-4H3/t11-,13+,14+/m0/s1. The van der Waals surface area contributed by atoms with Gasteiger partial charge in [-0.25, -0.2) is 0 Å². The molecule has 0 unspecified atom stereocenters. The Labute approximate surface area is 93.2 Å². The highest BCUT2D eigenvalue weighted by atomic mass is 16.5. The van der Waals surface area contributed by atoms with Crippen LogP contribution in [0.3, 0.4) is 0 Å². The lowest BCUT2D eigenvalue weighted by Gasteiger charge is -2.42. The summed E-state index contributed by atoms with van der Waals surface area (Å²) in [5.74, 6) is 2.94. The molecule has 3 aliphatic rings. The van der Waals surface area contributed by atoms with E-state index in [2.05, 4.69) is 32.9 Å². The fourth-order valence-corrected chi connectivity index (χ4v) is 3.11. The second-order valence-corrected chi connectivity index (χ2v) is 5.36. The molecule has 0 aromatic heterocycles. The maximum absolute atomic E-state index is 5.30. The summed E-state index contributed by atoms with van der Waals surface area (Å²) in [5, 5.41) is 0. The summed E-state index contributed by atoms with van der Waals surface area (Å²) in [5.41, 5.74) is 3.08. The molecule has 0 aromatic carbocycles. The van der Waals surface area contributed by atoms with E-state index in [1.54, 1.807) is 12.7 Å². The van der Waals surface area contributed by atoms with Crippen molar-refractivity contribution in [1.82, 2.24) is 0 Å². The van der Waals surface area contributed by atoms with Gasteiger partial charge in [-0.3, -0.25) is 0 Å². The molecule has 0 amide bonds. The van der Waals surface area contributed by atoms with Crippen molar-refractivity contribution in [1.29, 1.82) is 0 Å². The Morgan fingerprint density at radius 3 is 2.67 bits per heavy atom. The van der Waals surface area contributed by atoms with Crippen molar-refractivity contribution in [3.05, 3.63) is 23.3 Å². The van der Waals surface area contributed by atoms with Crippen LogP contribution in [0, 0.1) is 23.7 Å². The maximum atomic E-state index is 5.30. The van der Waals surface area contributed by atoms with E-state index in [-0.39, 0.29) is 0 Å². The lowest BCUT2D eigenvalue weighted by atomic mass is 9.63. The average Bonchev–Trinajstić information content (AvgIpc) is 2.19. The van der Waals surface area contributed by atoms with Crippen LogP contribution < -0.4 is 0 Å². The van der Waals surface area contributed by atoms with Crippen molar-refractivity contribution in [3.63, 3.8) is 0 Å². The van der Waals surface area contributed by atoms with Crippen LogP contribution in [-0.2, 0) is 4.74 Å². The van der Waals surface area contributed by atoms with Gasteiger partial charge in [-0.15, -0.1) is 0 Å². The van der Waals surface area contributed by atoms with E-state index in [1.165, 1.54) is 12.0 Å². The minimum Gasteiger partial charge on any atom is -0.380 e. The molecular formula is C14H22O. The first kappa shape index (κ1) is 10.9. The molecule has 0 radical (unpaired) electrons. The van der Waals surface area contributed by atoms with Gasteiger partial charge in [0.2, 0.25) is 0 Å². The smallest absolute Gasteiger partial charge is 0.0679 e. The highest BCUT2D eigenvalue weighted by molar-refractivity contribution is 5.33. The molecule has 3 rings (SSSR count). The van der Waals surface area contributed by atoms with Gasteiger partial charge in [0, 0.05) is 13.0 Å². The van der Waals surface area contributed by atoms with Crippen LogP contribution in [0.2, 0.25) is 0 Å². The van der Waals surface area contributed by atoms with E-state index in [0.29, 0.717) is 11.8 Å². The minimum absolute atomic E-state index is 0.648. The van der Waals surface area contributed by atoms with E-state index in [0.717, 1.165) is 18.4 Å². The van der Waals surface area contributed by atoms with Crippen molar-refractivity contribution in [2.24, 2.45) is 23.7 Å². The highest BCUT2D eigenvalue weighted by Crippen LogP contribution is 2.46. The molecule has 2 bridgehead atoms. The Morgan fingerprint density at radius 1 is 1.40 bits per heavy atom. The molecule has 0 saturated carbocycles. The molecular weight excluding hydrogens is 184 g/mol. The van der Waals surface area contributed by atoms with Crippen LogP contribution in [0.15, 0.2) is 23.3 Å². The van der Waals surface area contributed by atoms with Crippen LogP contribution in [0.5, 0.6) is 0 Å². The predicted molar refractivity (Wildman–Crippen MR) is 63.6 cm³/mol. The predicted octanol–water partition coefficient (Wildman–Crippen LogP) is 3.43. The Kier molecular flexibility index (Phi) is 3.01. The Hall–Kier alpha value is -0.560. The number of methoxy groups -OCH3 is 1. The largest absolute Gasteiger partial charge is 0.380 e. The zero-order valence-corrected chi connectivity index (χ0v) is 10.3. The first-order chi connectivity index (χ1) is 7.13. The first-order valence-electron chi connectivity index (χ1n) is 6.01. The second kappa shape index (κ2) is 4.13. The Bertz CT molecular complexity index is 298. The van der Waals surface area contributed by atoms with Gasteiger partial charge in [0.15, 0.2) is 0 Å². The molecule has 0 N–H and O–H groups in total. The van der Waals surface area contributed by atoms with Gasteiger partial charge in [0.05, 0.1) is 6.61 Å². The zero-order chi connectivity index (χ0) is 11.0. The molecule has 0 aromatic rings. The van der Waals surface area contributed by atoms with Gasteiger partial charge < -0.3 is 4.74 Å². The number of fused-ring (bicyclic) bond motifs is 1. The molecule has 0 fully saturated rings. The molecule has 0 spiro atoms. The summed E-state index contributed by atoms with van der Waals surface area (Å²) in [7, 11) is 1.80. The Morgan fingerprint density at radius 2 is 2.13 bits per heavy atom. The van der Waals surface area contributed by atoms with Gasteiger partial charge in [-0.05, 0) is 36.7 Å². The van der Waals surface area contributed by atoms with Crippen LogP contribution in [-0.4, -0.2) is 13.7 Å². The third-order valence-electron chi connectivity index (χ3n) is 4.03.